The summed E-state index contributed by atoms with van der Waals surface area (Å²) in [5, 5.41) is 2.96. The Kier molecular flexibility index (Phi) is 8.01. The number of carbonyl (C=O) groups excluding carboxylic acids is 2. The van der Waals surface area contributed by atoms with Gasteiger partial charge in [-0.25, -0.2) is 9.78 Å². The summed E-state index contributed by atoms with van der Waals surface area (Å²) in [5.74, 6) is 0.821. The highest BCUT2D eigenvalue weighted by atomic mass is 16.5. The number of piperazine rings is 1. The van der Waals surface area contributed by atoms with Crippen LogP contribution in [0.15, 0.2) is 24.4 Å². The first kappa shape index (κ1) is 19.0. The van der Waals surface area contributed by atoms with E-state index in [2.05, 4.69) is 15.2 Å². The first-order chi connectivity index (χ1) is 12.2. The molecule has 2 heterocycles. The van der Waals surface area contributed by atoms with E-state index in [4.69, 9.17) is 4.74 Å². The number of unbranched alkanes of at least 4 members (excludes halogenated alkanes) is 2. The summed E-state index contributed by atoms with van der Waals surface area (Å²) < 4.78 is 4.88. The molecule has 1 aromatic heterocycles. The summed E-state index contributed by atoms with van der Waals surface area (Å²) in [4.78, 5) is 31.8. The highest BCUT2D eigenvalue weighted by Gasteiger charge is 2.21. The second-order valence-electron chi connectivity index (χ2n) is 6.01. The molecule has 1 aliphatic rings. The number of hydrogen-bond donors (Lipinski definition) is 1. The van der Waals surface area contributed by atoms with Crippen LogP contribution in [0.2, 0.25) is 0 Å². The van der Waals surface area contributed by atoms with Crippen LogP contribution in [0.4, 0.5) is 10.6 Å². The Morgan fingerprint density at radius 2 is 1.96 bits per heavy atom. The standard InChI is InChI=1S/C18H28N4O3/c1-2-25-17(23)9-4-3-6-11-20-18(24)22-14-12-21(13-15-22)16-8-5-7-10-19-16/h5,7-8,10H,2-4,6,9,11-15H2,1H3,(H,20,24). The number of ether oxygens (including phenoxy) is 1. The van der Waals surface area contributed by atoms with Gasteiger partial charge in [0.05, 0.1) is 6.61 Å². The van der Waals surface area contributed by atoms with E-state index in [1.807, 2.05) is 30.0 Å². The molecule has 0 aromatic carbocycles. The molecular weight excluding hydrogens is 320 g/mol. The summed E-state index contributed by atoms with van der Waals surface area (Å²) in [6, 6.07) is 5.86. The molecule has 25 heavy (non-hydrogen) atoms. The molecule has 0 unspecified atom stereocenters. The maximum atomic E-state index is 12.2. The minimum atomic E-state index is -0.141. The summed E-state index contributed by atoms with van der Waals surface area (Å²) >= 11 is 0. The van der Waals surface area contributed by atoms with Crippen LogP contribution >= 0.6 is 0 Å². The fourth-order valence-electron chi connectivity index (χ4n) is 2.79. The highest BCUT2D eigenvalue weighted by molar-refractivity contribution is 5.74. The molecule has 138 valence electrons. The van der Waals surface area contributed by atoms with Gasteiger partial charge in [-0.15, -0.1) is 0 Å². The highest BCUT2D eigenvalue weighted by Crippen LogP contribution is 2.12. The number of carbonyl (C=O) groups is 2. The molecule has 1 fully saturated rings. The van der Waals surface area contributed by atoms with Gasteiger partial charge in [-0.3, -0.25) is 4.79 Å². The van der Waals surface area contributed by atoms with Crippen molar-refractivity contribution in [3.8, 4) is 0 Å². The molecule has 1 N–H and O–H groups in total. The van der Waals surface area contributed by atoms with Crippen molar-refractivity contribution in [1.29, 1.82) is 0 Å². The molecule has 2 rings (SSSR count). The number of amides is 2. The van der Waals surface area contributed by atoms with Crippen LogP contribution < -0.4 is 10.2 Å². The van der Waals surface area contributed by atoms with Crippen LogP contribution in [-0.4, -0.2) is 61.2 Å². The third-order valence-electron chi connectivity index (χ3n) is 4.18. The Hall–Kier alpha value is -2.31. The second kappa shape index (κ2) is 10.5. The number of nitrogens with one attached hydrogen (secondary N) is 1. The minimum absolute atomic E-state index is 0.00827. The molecule has 0 radical (unpaired) electrons. The zero-order valence-corrected chi connectivity index (χ0v) is 14.9. The zero-order chi connectivity index (χ0) is 17.9. The number of anilines is 1. The van der Waals surface area contributed by atoms with Crippen molar-refractivity contribution in [2.24, 2.45) is 0 Å². The Bertz CT molecular complexity index is 530. The molecule has 0 atom stereocenters. The number of esters is 1. The lowest BCUT2D eigenvalue weighted by atomic mass is 10.2. The first-order valence-corrected chi connectivity index (χ1v) is 9.05. The fourth-order valence-corrected chi connectivity index (χ4v) is 2.79. The Labute approximate surface area is 149 Å². The van der Waals surface area contributed by atoms with Crippen molar-refractivity contribution >= 4 is 17.8 Å². The van der Waals surface area contributed by atoms with E-state index < -0.39 is 0 Å². The SMILES string of the molecule is CCOC(=O)CCCCCNC(=O)N1CCN(c2ccccn2)CC1. The van der Waals surface area contributed by atoms with E-state index in [-0.39, 0.29) is 12.0 Å². The van der Waals surface area contributed by atoms with E-state index in [0.717, 1.165) is 38.2 Å². The molecular formula is C18H28N4O3. The normalized spacial score (nSPS) is 14.3. The van der Waals surface area contributed by atoms with Crippen molar-refractivity contribution in [3.63, 3.8) is 0 Å². The van der Waals surface area contributed by atoms with Crippen molar-refractivity contribution in [1.82, 2.24) is 15.2 Å². The lowest BCUT2D eigenvalue weighted by Crippen LogP contribution is -2.52. The van der Waals surface area contributed by atoms with Gasteiger partial charge in [0, 0.05) is 45.3 Å². The van der Waals surface area contributed by atoms with Crippen molar-refractivity contribution in [3.05, 3.63) is 24.4 Å². The Balaban J connectivity index is 1.56. The molecule has 7 nitrogen and oxygen atoms in total. The van der Waals surface area contributed by atoms with Crippen molar-refractivity contribution in [2.75, 3.05) is 44.2 Å². The van der Waals surface area contributed by atoms with Gasteiger partial charge in [0.15, 0.2) is 0 Å². The summed E-state index contributed by atoms with van der Waals surface area (Å²) in [7, 11) is 0. The number of hydrogen-bond acceptors (Lipinski definition) is 5. The number of aromatic nitrogens is 1. The monoisotopic (exact) mass is 348 g/mol. The van der Waals surface area contributed by atoms with Crippen LogP contribution in [0, 0.1) is 0 Å². The molecule has 1 saturated heterocycles. The minimum Gasteiger partial charge on any atom is -0.466 e. The van der Waals surface area contributed by atoms with Gasteiger partial charge in [-0.05, 0) is 31.9 Å². The molecule has 7 heteroatoms. The van der Waals surface area contributed by atoms with E-state index in [0.29, 0.717) is 32.7 Å². The van der Waals surface area contributed by atoms with Gasteiger partial charge in [0.1, 0.15) is 5.82 Å². The van der Waals surface area contributed by atoms with Gasteiger partial charge in [0.25, 0.3) is 0 Å². The van der Waals surface area contributed by atoms with Crippen LogP contribution in [0.1, 0.15) is 32.6 Å². The van der Waals surface area contributed by atoms with E-state index in [9.17, 15) is 9.59 Å². The molecule has 0 spiro atoms. The smallest absolute Gasteiger partial charge is 0.317 e. The van der Waals surface area contributed by atoms with Crippen molar-refractivity contribution < 1.29 is 14.3 Å². The van der Waals surface area contributed by atoms with Gasteiger partial charge >= 0.3 is 12.0 Å². The second-order valence-corrected chi connectivity index (χ2v) is 6.01. The van der Waals surface area contributed by atoms with Crippen LogP contribution in [0.25, 0.3) is 0 Å². The summed E-state index contributed by atoms with van der Waals surface area (Å²) in [6.07, 6.45) is 4.83. The third-order valence-corrected chi connectivity index (χ3v) is 4.18. The largest absolute Gasteiger partial charge is 0.466 e. The number of nitrogens with zero attached hydrogens (tertiary/aromatic N) is 3. The molecule has 0 bridgehead atoms. The molecule has 1 aliphatic heterocycles. The fraction of sp³-hybridized carbons (Fsp3) is 0.611. The maximum Gasteiger partial charge on any atom is 0.317 e. The molecule has 0 aliphatic carbocycles. The topological polar surface area (TPSA) is 74.8 Å². The first-order valence-electron chi connectivity index (χ1n) is 9.05. The lowest BCUT2D eigenvalue weighted by Gasteiger charge is -2.35. The van der Waals surface area contributed by atoms with Crippen molar-refractivity contribution in [2.45, 2.75) is 32.6 Å². The van der Waals surface area contributed by atoms with E-state index in [1.54, 1.807) is 6.20 Å². The number of rotatable bonds is 8. The average molecular weight is 348 g/mol. The molecule has 1 aromatic rings. The number of pyridine rings is 1. The third kappa shape index (κ3) is 6.60. The average Bonchev–Trinajstić information content (AvgIpc) is 2.65. The quantitative estimate of drug-likeness (QED) is 0.575. The summed E-state index contributed by atoms with van der Waals surface area (Å²) in [6.45, 7) is 5.87. The maximum absolute atomic E-state index is 12.2. The molecule has 0 saturated carbocycles. The van der Waals surface area contributed by atoms with Gasteiger partial charge in [0.2, 0.25) is 0 Å². The number of urea groups is 1. The predicted molar refractivity (Wildman–Crippen MR) is 96.5 cm³/mol. The van der Waals surface area contributed by atoms with Gasteiger partial charge in [-0.2, -0.15) is 0 Å². The predicted octanol–water partition coefficient (Wildman–Crippen LogP) is 2.04. The van der Waals surface area contributed by atoms with Crippen LogP contribution in [-0.2, 0) is 9.53 Å². The van der Waals surface area contributed by atoms with E-state index >= 15 is 0 Å². The van der Waals surface area contributed by atoms with Gasteiger partial charge < -0.3 is 19.9 Å². The summed E-state index contributed by atoms with van der Waals surface area (Å²) in [5.41, 5.74) is 0. The Morgan fingerprint density at radius 3 is 2.64 bits per heavy atom. The lowest BCUT2D eigenvalue weighted by molar-refractivity contribution is -0.143. The van der Waals surface area contributed by atoms with E-state index in [1.165, 1.54) is 0 Å². The zero-order valence-electron chi connectivity index (χ0n) is 14.9. The Morgan fingerprint density at radius 1 is 1.16 bits per heavy atom. The van der Waals surface area contributed by atoms with Crippen LogP contribution in [0.5, 0.6) is 0 Å². The van der Waals surface area contributed by atoms with Crippen LogP contribution in [0.3, 0.4) is 0 Å². The molecule has 2 amide bonds. The van der Waals surface area contributed by atoms with Gasteiger partial charge in [-0.1, -0.05) is 12.5 Å².